The van der Waals surface area contributed by atoms with Gasteiger partial charge in [-0.15, -0.1) is 0 Å². The number of imidazole rings is 2. The first-order chi connectivity index (χ1) is 60.0. The van der Waals surface area contributed by atoms with Gasteiger partial charge in [-0.3, -0.25) is 87.6 Å². The molecule has 0 aromatic carbocycles. The number of anilines is 4. The molecule has 0 aliphatic carbocycles. The summed E-state index contributed by atoms with van der Waals surface area (Å²) in [7, 11) is -15.9. The minimum absolute atomic E-state index is 0.0617. The number of phosphoric acid groups is 5. The molecule has 7 aromatic rings. The summed E-state index contributed by atoms with van der Waals surface area (Å²) in [6.45, 7) is 14.7. The van der Waals surface area contributed by atoms with Gasteiger partial charge in [0.25, 0.3) is 11.1 Å². The number of aryl methyl sites for hydroxylation is 2. The number of fused-ring (bicyclic) bond motifs is 12. The molecular weight excluding hydrogens is 1800 g/mol. The molecule has 15 N–H and O–H groups in total. The molecule has 5 unspecified atom stereocenters. The van der Waals surface area contributed by atoms with Crippen molar-refractivity contribution in [1.29, 1.82) is 0 Å². The van der Waals surface area contributed by atoms with E-state index in [1.807, 2.05) is 34.6 Å². The molecule has 704 valence electrons. The van der Waals surface area contributed by atoms with Gasteiger partial charge in [-0.05, 0) is 52.0 Å². The van der Waals surface area contributed by atoms with Crippen molar-refractivity contribution in [2.24, 2.45) is 0 Å². The second-order valence-corrected chi connectivity index (χ2v) is 38.4. The topological polar surface area (TPSA) is 707 Å². The number of hydrogen-bond acceptors (Lipinski definition) is 41. The molecule has 10 aliphatic heterocycles. The largest absolute Gasteiger partial charge is 0.472 e. The van der Waals surface area contributed by atoms with Crippen LogP contribution in [0.15, 0.2) is 67.6 Å². The van der Waals surface area contributed by atoms with Crippen LogP contribution in [0, 0.1) is 13.8 Å². The summed E-state index contributed by atoms with van der Waals surface area (Å²) in [5.41, 5.74) is 17.8. The van der Waals surface area contributed by atoms with Crippen LogP contribution in [0.3, 0.4) is 0 Å². The molecule has 10 saturated heterocycles. The van der Waals surface area contributed by atoms with E-state index >= 15 is 0 Å². The number of nitrogen functional groups attached to an aromatic ring is 4. The van der Waals surface area contributed by atoms with Crippen molar-refractivity contribution in [2.75, 3.05) is 91.5 Å². The Bertz CT molecular complexity index is 5750. The molecule has 10 fully saturated rings. The number of ether oxygens (including phenoxy) is 10. The molecule has 10 bridgehead atoms. The third kappa shape index (κ3) is 19.1. The van der Waals surface area contributed by atoms with Crippen molar-refractivity contribution in [3.05, 3.63) is 107 Å². The third-order valence-electron chi connectivity index (χ3n) is 24.2. The lowest BCUT2D eigenvalue weighted by Gasteiger charge is -2.37. The Morgan fingerprint density at radius 3 is 1.13 bits per heavy atom. The van der Waals surface area contributed by atoms with Gasteiger partial charge < -0.3 is 94.8 Å². The fraction of sp³-hybridized carbons (Fsp3) is 0.681. The summed E-state index contributed by atoms with van der Waals surface area (Å²) in [5, 5.41) is 0. The fourth-order valence-electron chi connectivity index (χ4n) is 17.2. The first-order valence-corrected chi connectivity index (χ1v) is 47.4. The van der Waals surface area contributed by atoms with Gasteiger partial charge in [-0.25, -0.2) is 57.1 Å². The van der Waals surface area contributed by atoms with Gasteiger partial charge in [-0.1, -0.05) is 34.6 Å². The van der Waals surface area contributed by atoms with Gasteiger partial charge in [0.05, 0.1) is 45.7 Å². The molecule has 0 radical (unpaired) electrons. The van der Waals surface area contributed by atoms with Crippen LogP contribution in [0.1, 0.15) is 141 Å². The summed E-state index contributed by atoms with van der Waals surface area (Å²) in [6, 6.07) is 1.47. The van der Waals surface area contributed by atoms with Crippen molar-refractivity contribution in [3.63, 3.8) is 0 Å². The molecule has 17 rings (SSSR count). The standard InChI is InChI=1S/C14H20N5O7P.C14H20N5O6P.C14H22N3O7P.C14H21N2O8P.C13H20N3O7P/c1-3-14-4-5-24-8(9(14)26-27(21,22)23-2)12(25-14)19-6-16-7-10(19)17-13(15)18-11(7)20;1-3-14-4-5-23-9(10(14)25-26(20,21)22-2)13(24-14)19-7-18-8-11(15)16-6-17-12(8)19;1-4-14-5-6-22-9(10(14)24-25(19,20)21-3)12(23-14)17-7-8(2)11(15)16-13(17)18;1-4-14-5-6-22-9(10(14)24-25(19,20)21-3)12(23-14)16-7-8(2)11(17)15-13(16)18;1-3-13-5-7-21-9(10(13)23-24(18,19)20-2)11(22-13)16-6-4-8(14)15-12(16)17/h6,8-9,12H,3-5H2,1-2H3,(H,21,22)(H3,15,17,18,20);6-7,9-10,13H,3-5H2,1-2H3,(H,20,21)(H2,15,16,17);7,9-10,12H,4-6H2,1-3H3,(H,19,20)(H2,15,16,18);7,9-10,12H,4-6H2,1-3H3,(H,19,20)(H,15,17,18);4,6,9-11H,3,5,7H2,1-2H3,(H,18,19)(H2,14,15,17)/t8-,9+,12-,14+;9-,10+,13-,14+;2*9-,10+,12-,14+;9-,10+,11-,13+/m00000/s1. The van der Waals surface area contributed by atoms with Crippen LogP contribution in [0.25, 0.3) is 22.3 Å². The number of nitrogens with two attached hydrogens (primary N) is 4. The second kappa shape index (κ2) is 37.7. The van der Waals surface area contributed by atoms with E-state index in [0.29, 0.717) is 120 Å². The van der Waals surface area contributed by atoms with Gasteiger partial charge in [0.2, 0.25) is 5.95 Å². The summed E-state index contributed by atoms with van der Waals surface area (Å²) in [5.74, 6) is 0.428. The number of phosphoric ester groups is 5. The van der Waals surface area contributed by atoms with Crippen molar-refractivity contribution >= 4 is 84.8 Å². The predicted octanol–water partition coefficient (Wildman–Crippen LogP) is 2.91. The Kier molecular flexibility index (Phi) is 28.9. The van der Waals surface area contributed by atoms with Crippen LogP contribution < -0.4 is 51.1 Å². The van der Waals surface area contributed by atoms with E-state index in [0.717, 1.165) is 35.5 Å². The van der Waals surface area contributed by atoms with Crippen molar-refractivity contribution in [1.82, 2.24) is 67.7 Å². The number of aromatic nitrogens is 14. The van der Waals surface area contributed by atoms with E-state index < -0.39 is 187 Å². The van der Waals surface area contributed by atoms with Crippen LogP contribution in [-0.4, -0.2) is 250 Å². The number of nitrogens with zero attached hydrogens (tertiary/aromatic N) is 12. The normalized spacial score (nSPS) is 33.8. The van der Waals surface area contributed by atoms with Gasteiger partial charge in [0.15, 0.2) is 53.8 Å². The summed E-state index contributed by atoms with van der Waals surface area (Å²) >= 11 is 0. The highest BCUT2D eigenvalue weighted by Crippen LogP contribution is 2.61. The first-order valence-electron chi connectivity index (χ1n) is 40.0. The molecule has 0 spiro atoms. The number of hydrogen-bond donors (Lipinski definition) is 11. The molecule has 17 heterocycles. The Morgan fingerprint density at radius 2 is 0.756 bits per heavy atom. The Balaban J connectivity index is 0.000000136. The summed E-state index contributed by atoms with van der Waals surface area (Å²) in [6.07, 6.45) is 1.67. The Labute approximate surface area is 720 Å². The van der Waals surface area contributed by atoms with E-state index in [4.69, 9.17) is 92.9 Å². The van der Waals surface area contributed by atoms with E-state index in [-0.39, 0.29) is 34.6 Å². The summed E-state index contributed by atoms with van der Waals surface area (Å²) < 4.78 is 176. The number of rotatable bonds is 25. The monoisotopic (exact) mass is 1900 g/mol. The minimum atomic E-state index is -4.28. The lowest BCUT2D eigenvalue weighted by molar-refractivity contribution is -0.120. The molecule has 10 aliphatic rings. The lowest BCUT2D eigenvalue weighted by atomic mass is 9.87. The Hall–Kier alpha value is -7.31. The molecule has 0 saturated carbocycles. The van der Waals surface area contributed by atoms with Crippen LogP contribution in [0.2, 0.25) is 0 Å². The highest BCUT2D eigenvalue weighted by atomic mass is 31.2. The van der Waals surface area contributed by atoms with Gasteiger partial charge >= 0.3 is 56.2 Å². The van der Waals surface area contributed by atoms with Crippen LogP contribution in [0.4, 0.5) is 23.4 Å². The van der Waals surface area contributed by atoms with Crippen molar-refractivity contribution in [2.45, 2.75) is 233 Å². The Morgan fingerprint density at radius 1 is 0.417 bits per heavy atom. The average molecular weight is 1900 g/mol. The van der Waals surface area contributed by atoms with Crippen molar-refractivity contribution < 1.29 is 140 Å². The third-order valence-corrected chi connectivity index (χ3v) is 29.0. The zero-order valence-corrected chi connectivity index (χ0v) is 75.2. The molecule has 7 aromatic heterocycles. The smallest absolute Gasteiger partial charge is 0.383 e. The maximum absolute atomic E-state index is 12.3. The first kappa shape index (κ1) is 97.2. The van der Waals surface area contributed by atoms with E-state index in [1.165, 1.54) is 55.6 Å². The minimum Gasteiger partial charge on any atom is -0.383 e. The molecule has 25 atom stereocenters. The number of H-pyrrole nitrogens is 2. The SMILES string of the molecule is CC[C@@]12CCO[C@@H]([C@H]1OP(=O)(O)OC)[C@@H](n1cc(C)c(=O)[nH]c1=O)O2.CC[C@@]12CCO[C@@H]([C@H]1OP(=O)(O)OC)[C@@H](n1cc(C)c(N)nc1=O)O2.CC[C@@]12CCO[C@@H]([C@H]1OP(=O)(O)OC)[C@@H](n1ccc(N)nc1=O)O2.CC[C@@]12CCO[C@@H]([C@H]1OP(=O)(O)OC)[C@@H](n1cnc3c(=O)[nH]c(N)nc31)O2.CC[C@@]12CCO[C@@H]([C@H]1OP(=O)(O)OC)[C@@H](n1cnc3c(N)ncnc31)O2. The lowest BCUT2D eigenvalue weighted by Crippen LogP contribution is -2.49. The highest BCUT2D eigenvalue weighted by Gasteiger charge is 2.66. The van der Waals surface area contributed by atoms with E-state index in [1.54, 1.807) is 24.7 Å². The van der Waals surface area contributed by atoms with Gasteiger partial charge in [-0.2, -0.15) is 15.0 Å². The molecule has 53 nitrogen and oxygen atoms in total. The summed E-state index contributed by atoms with van der Waals surface area (Å²) in [4.78, 5) is 142. The highest BCUT2D eigenvalue weighted by molar-refractivity contribution is 7.48. The zero-order valence-electron chi connectivity index (χ0n) is 70.7. The molecular formula is C69H103N18O35P5. The molecule has 127 heavy (non-hydrogen) atoms. The average Bonchev–Trinajstić information content (AvgIpc) is 1.59. The second-order valence-electron chi connectivity index (χ2n) is 30.8. The number of nitrogens with one attached hydrogen (secondary N) is 2. The van der Waals surface area contributed by atoms with Crippen LogP contribution in [0.5, 0.6) is 0 Å². The van der Waals surface area contributed by atoms with Crippen LogP contribution >= 0.6 is 39.1 Å². The van der Waals surface area contributed by atoms with Crippen LogP contribution in [-0.2, 0) is 115 Å². The quantitative estimate of drug-likeness (QED) is 0.0366. The predicted molar refractivity (Wildman–Crippen MR) is 435 cm³/mol. The molecule has 0 amide bonds. The maximum Gasteiger partial charge on any atom is 0.472 e. The van der Waals surface area contributed by atoms with Gasteiger partial charge in [0, 0.05) is 97.4 Å². The fourth-order valence-corrected chi connectivity index (χ4v) is 20.7. The van der Waals surface area contributed by atoms with E-state index in [9.17, 15) is 71.3 Å². The van der Waals surface area contributed by atoms with Crippen molar-refractivity contribution in [3.8, 4) is 0 Å². The van der Waals surface area contributed by atoms with Gasteiger partial charge in [0.1, 0.15) is 113 Å². The molecule has 58 heteroatoms. The van der Waals surface area contributed by atoms with E-state index in [2.05, 4.69) is 67.5 Å². The maximum atomic E-state index is 12.3. The zero-order chi connectivity index (χ0) is 92.3. The number of aromatic amines is 2.